The maximum Gasteiger partial charge on any atom is 0.138 e. The van der Waals surface area contributed by atoms with Crippen LogP contribution >= 0.6 is 0 Å². The predicted molar refractivity (Wildman–Crippen MR) is 59.6 cm³/mol. The van der Waals surface area contributed by atoms with E-state index in [2.05, 4.69) is 16.9 Å². The van der Waals surface area contributed by atoms with Crippen LogP contribution in [-0.2, 0) is 4.79 Å². The molecule has 3 fully saturated rings. The molecule has 4 nitrogen and oxygen atoms in total. The van der Waals surface area contributed by atoms with E-state index < -0.39 is 0 Å². The highest BCUT2D eigenvalue weighted by Crippen LogP contribution is 2.44. The molecule has 3 rings (SSSR count). The van der Waals surface area contributed by atoms with Gasteiger partial charge in [0.05, 0.1) is 12.1 Å². The summed E-state index contributed by atoms with van der Waals surface area (Å²) in [6.45, 7) is 3.19. The van der Waals surface area contributed by atoms with Crippen LogP contribution in [0.15, 0.2) is 0 Å². The average Bonchev–Trinajstić information content (AvgIpc) is 2.90. The van der Waals surface area contributed by atoms with Gasteiger partial charge in [0.15, 0.2) is 0 Å². The lowest BCUT2D eigenvalue weighted by molar-refractivity contribution is -0.131. The molecule has 0 aromatic carbocycles. The molecular weight excluding hydrogens is 204 g/mol. The van der Waals surface area contributed by atoms with Gasteiger partial charge in [-0.15, -0.1) is 0 Å². The van der Waals surface area contributed by atoms with Crippen molar-refractivity contribution in [2.24, 2.45) is 5.92 Å². The third kappa shape index (κ3) is 1.36. The van der Waals surface area contributed by atoms with E-state index in [0.717, 1.165) is 38.5 Å². The first-order chi connectivity index (χ1) is 7.72. The Morgan fingerprint density at radius 2 is 2.19 bits per heavy atom. The van der Waals surface area contributed by atoms with E-state index in [0.29, 0.717) is 18.0 Å². The van der Waals surface area contributed by atoms with Gasteiger partial charge in [-0.05, 0) is 32.6 Å². The monoisotopic (exact) mass is 224 g/mol. The molecule has 5 atom stereocenters. The minimum atomic E-state index is -0.117. The van der Waals surface area contributed by atoms with Crippen molar-refractivity contribution in [3.8, 4) is 0 Å². The van der Waals surface area contributed by atoms with Gasteiger partial charge in [-0.1, -0.05) is 0 Å². The molecule has 90 valence electrons. The number of fused-ring (bicyclic) bond motifs is 2. The van der Waals surface area contributed by atoms with Crippen LogP contribution in [0.3, 0.4) is 0 Å². The van der Waals surface area contributed by atoms with Gasteiger partial charge in [0, 0.05) is 24.5 Å². The number of hydrogen-bond donors (Lipinski definition) is 1. The van der Waals surface area contributed by atoms with Crippen LogP contribution in [-0.4, -0.2) is 52.2 Å². The summed E-state index contributed by atoms with van der Waals surface area (Å²) >= 11 is 0. The molecule has 0 aromatic heterocycles. The number of aliphatic hydroxyl groups excluding tert-OH is 1. The zero-order valence-electron chi connectivity index (χ0n) is 9.75. The number of carbonyl (C=O) groups is 1. The molecule has 2 heterocycles. The SMILES string of the molecule is CC1C2CC(CC2O)N1N1CCC[C@H]1C=O. The first-order valence-corrected chi connectivity index (χ1v) is 6.40. The number of nitrogens with zero attached hydrogens (tertiary/aromatic N) is 2. The molecule has 16 heavy (non-hydrogen) atoms. The number of hydrazine groups is 1. The average molecular weight is 224 g/mol. The summed E-state index contributed by atoms with van der Waals surface area (Å²) in [7, 11) is 0. The van der Waals surface area contributed by atoms with Gasteiger partial charge in [-0.25, -0.2) is 10.0 Å². The van der Waals surface area contributed by atoms with Gasteiger partial charge >= 0.3 is 0 Å². The summed E-state index contributed by atoms with van der Waals surface area (Å²) in [5, 5.41) is 14.5. The van der Waals surface area contributed by atoms with E-state index in [-0.39, 0.29) is 12.1 Å². The summed E-state index contributed by atoms with van der Waals surface area (Å²) in [5.41, 5.74) is 0. The van der Waals surface area contributed by atoms with Gasteiger partial charge in [-0.2, -0.15) is 0 Å². The Balaban J connectivity index is 1.79. The summed E-state index contributed by atoms with van der Waals surface area (Å²) in [5.74, 6) is 0.415. The second-order valence-corrected chi connectivity index (χ2v) is 5.49. The van der Waals surface area contributed by atoms with Crippen LogP contribution < -0.4 is 0 Å². The zero-order valence-corrected chi connectivity index (χ0v) is 9.75. The van der Waals surface area contributed by atoms with Crippen molar-refractivity contribution in [2.45, 2.75) is 56.8 Å². The summed E-state index contributed by atoms with van der Waals surface area (Å²) in [4.78, 5) is 11.0. The summed E-state index contributed by atoms with van der Waals surface area (Å²) in [6.07, 6.45) is 5.07. The molecule has 2 bridgehead atoms. The normalized spacial score (nSPS) is 49.0. The van der Waals surface area contributed by atoms with Crippen molar-refractivity contribution < 1.29 is 9.90 Å². The van der Waals surface area contributed by atoms with Crippen molar-refractivity contribution in [3.05, 3.63) is 0 Å². The quantitative estimate of drug-likeness (QED) is 0.690. The molecule has 1 saturated carbocycles. The van der Waals surface area contributed by atoms with E-state index in [1.165, 1.54) is 0 Å². The van der Waals surface area contributed by atoms with Crippen molar-refractivity contribution in [1.82, 2.24) is 10.0 Å². The number of aldehydes is 1. The van der Waals surface area contributed by atoms with Crippen LogP contribution in [0.25, 0.3) is 0 Å². The Kier molecular flexibility index (Phi) is 2.53. The van der Waals surface area contributed by atoms with E-state index in [4.69, 9.17) is 0 Å². The first-order valence-electron chi connectivity index (χ1n) is 6.40. The topological polar surface area (TPSA) is 43.8 Å². The van der Waals surface area contributed by atoms with Crippen LogP contribution in [0.2, 0.25) is 0 Å². The molecule has 0 amide bonds. The Morgan fingerprint density at radius 1 is 1.38 bits per heavy atom. The van der Waals surface area contributed by atoms with Gasteiger partial charge in [-0.3, -0.25) is 0 Å². The van der Waals surface area contributed by atoms with Crippen molar-refractivity contribution in [2.75, 3.05) is 6.54 Å². The standard InChI is InChI=1S/C12H20N2O2/c1-8-11-5-10(6-12(11)16)14(8)13-4-2-3-9(13)7-15/h7-12,16H,2-6H2,1H3/t8?,9-,10?,11?,12?/m0/s1. The molecule has 4 heteroatoms. The molecular formula is C12H20N2O2. The predicted octanol–water partition coefficient (Wildman–Crippen LogP) is 0.408. The summed E-state index contributed by atoms with van der Waals surface area (Å²) in [6, 6.07) is 0.948. The first kappa shape index (κ1) is 10.7. The lowest BCUT2D eigenvalue weighted by atomic mass is 9.98. The van der Waals surface area contributed by atoms with E-state index in [9.17, 15) is 9.90 Å². The third-order valence-electron chi connectivity index (χ3n) is 4.69. The zero-order chi connectivity index (χ0) is 11.3. The third-order valence-corrected chi connectivity index (χ3v) is 4.69. The van der Waals surface area contributed by atoms with Gasteiger partial charge in [0.25, 0.3) is 0 Å². The number of aliphatic hydroxyl groups is 1. The molecule has 3 aliphatic rings. The Morgan fingerprint density at radius 3 is 2.81 bits per heavy atom. The van der Waals surface area contributed by atoms with Crippen LogP contribution in [0.5, 0.6) is 0 Å². The lowest BCUT2D eigenvalue weighted by Gasteiger charge is -2.42. The van der Waals surface area contributed by atoms with Gasteiger partial charge < -0.3 is 9.90 Å². The fraction of sp³-hybridized carbons (Fsp3) is 0.917. The maximum absolute atomic E-state index is 11.0. The molecule has 0 radical (unpaired) electrons. The molecule has 4 unspecified atom stereocenters. The van der Waals surface area contributed by atoms with E-state index in [1.54, 1.807) is 0 Å². The van der Waals surface area contributed by atoms with Crippen LogP contribution in [0.1, 0.15) is 32.6 Å². The van der Waals surface area contributed by atoms with Crippen LogP contribution in [0, 0.1) is 5.92 Å². The Bertz CT molecular complexity index is 295. The highest BCUT2D eigenvalue weighted by atomic mass is 16.3. The Hall–Kier alpha value is -0.450. The maximum atomic E-state index is 11.0. The van der Waals surface area contributed by atoms with Gasteiger partial charge in [0.2, 0.25) is 0 Å². The highest BCUT2D eigenvalue weighted by Gasteiger charge is 2.52. The van der Waals surface area contributed by atoms with Crippen molar-refractivity contribution in [1.29, 1.82) is 0 Å². The van der Waals surface area contributed by atoms with E-state index in [1.807, 2.05) is 0 Å². The number of rotatable bonds is 2. The lowest BCUT2D eigenvalue weighted by Crippen LogP contribution is -2.55. The fourth-order valence-corrected chi connectivity index (χ4v) is 3.93. The molecule has 2 aliphatic heterocycles. The largest absolute Gasteiger partial charge is 0.393 e. The molecule has 0 spiro atoms. The highest BCUT2D eigenvalue weighted by molar-refractivity contribution is 5.57. The number of piperidine rings is 1. The number of hydrogen-bond acceptors (Lipinski definition) is 4. The fourth-order valence-electron chi connectivity index (χ4n) is 3.93. The second kappa shape index (κ2) is 3.79. The summed E-state index contributed by atoms with van der Waals surface area (Å²) < 4.78 is 0. The smallest absolute Gasteiger partial charge is 0.138 e. The van der Waals surface area contributed by atoms with Crippen LogP contribution in [0.4, 0.5) is 0 Å². The Labute approximate surface area is 96.2 Å². The van der Waals surface area contributed by atoms with Crippen molar-refractivity contribution in [3.63, 3.8) is 0 Å². The minimum Gasteiger partial charge on any atom is -0.393 e. The van der Waals surface area contributed by atoms with Crippen molar-refractivity contribution >= 4 is 6.29 Å². The second-order valence-electron chi connectivity index (χ2n) is 5.49. The molecule has 1 N–H and O–H groups in total. The molecule has 0 aromatic rings. The van der Waals surface area contributed by atoms with Gasteiger partial charge in [0.1, 0.15) is 6.29 Å². The molecule has 2 saturated heterocycles. The molecule has 1 aliphatic carbocycles. The number of carbonyl (C=O) groups excluding carboxylic acids is 1. The minimum absolute atomic E-state index is 0.0824. The van der Waals surface area contributed by atoms with E-state index >= 15 is 0 Å².